The molecule has 2 N–H and O–H groups in total. The van der Waals surface area contributed by atoms with Crippen molar-refractivity contribution >= 4 is 28.9 Å². The molecule has 9 nitrogen and oxygen atoms in total. The van der Waals surface area contributed by atoms with E-state index in [0.717, 1.165) is 68.1 Å². The van der Waals surface area contributed by atoms with Crippen LogP contribution in [0, 0.1) is 0 Å². The number of nitrogens with one attached hydrogen (secondary N) is 2. The molecule has 1 saturated carbocycles. The smallest absolute Gasteiger partial charge is 0.419 e. The van der Waals surface area contributed by atoms with E-state index in [1.165, 1.54) is 25.9 Å². The van der Waals surface area contributed by atoms with Crippen molar-refractivity contribution in [1.29, 1.82) is 0 Å². The van der Waals surface area contributed by atoms with Crippen molar-refractivity contribution in [3.8, 4) is 5.75 Å². The second-order valence-corrected chi connectivity index (χ2v) is 12.8. The van der Waals surface area contributed by atoms with E-state index in [-0.39, 0.29) is 30.4 Å². The summed E-state index contributed by atoms with van der Waals surface area (Å²) in [6, 6.07) is 12.8. The van der Waals surface area contributed by atoms with Crippen molar-refractivity contribution in [1.82, 2.24) is 19.8 Å². The van der Waals surface area contributed by atoms with Crippen LogP contribution in [0.1, 0.15) is 48.1 Å². The molecule has 2 saturated heterocycles. The number of rotatable bonds is 9. The summed E-state index contributed by atoms with van der Waals surface area (Å²) in [6.07, 6.45) is 1.78. The summed E-state index contributed by atoms with van der Waals surface area (Å²) in [5, 5.41) is 5.88. The molecule has 4 aliphatic rings. The zero-order valence-corrected chi connectivity index (χ0v) is 26.1. The molecule has 244 valence electrons. The van der Waals surface area contributed by atoms with Crippen LogP contribution >= 0.6 is 0 Å². The minimum atomic E-state index is -4.60. The maximum atomic E-state index is 13.9. The number of piperidine rings is 1. The van der Waals surface area contributed by atoms with Gasteiger partial charge in [0.15, 0.2) is 0 Å². The highest BCUT2D eigenvalue weighted by Crippen LogP contribution is 2.36. The van der Waals surface area contributed by atoms with Gasteiger partial charge in [-0.05, 0) is 67.9 Å². The number of nitrogens with zero attached hydrogens (tertiary/aromatic N) is 5. The number of methoxy groups -OCH3 is 1. The van der Waals surface area contributed by atoms with Crippen LogP contribution in [0.5, 0.6) is 5.75 Å². The van der Waals surface area contributed by atoms with Gasteiger partial charge < -0.3 is 20.3 Å². The number of hydrogen-bond donors (Lipinski definition) is 2. The number of halogens is 3. The van der Waals surface area contributed by atoms with Gasteiger partial charge in [0.2, 0.25) is 11.9 Å². The maximum Gasteiger partial charge on any atom is 0.419 e. The van der Waals surface area contributed by atoms with Gasteiger partial charge >= 0.3 is 6.18 Å². The second kappa shape index (κ2) is 12.7. The van der Waals surface area contributed by atoms with Crippen molar-refractivity contribution in [3.05, 3.63) is 65.0 Å². The molecule has 1 amide bonds. The van der Waals surface area contributed by atoms with Gasteiger partial charge in [-0.3, -0.25) is 14.6 Å². The van der Waals surface area contributed by atoms with E-state index < -0.39 is 11.7 Å². The topological polar surface area (TPSA) is 85.9 Å². The second-order valence-electron chi connectivity index (χ2n) is 12.8. The molecule has 12 heteroatoms. The minimum absolute atomic E-state index is 0.0406. The molecule has 4 heterocycles. The van der Waals surface area contributed by atoms with E-state index in [0.29, 0.717) is 29.6 Å². The molecule has 7 rings (SSSR count). The summed E-state index contributed by atoms with van der Waals surface area (Å²) in [7, 11) is 1.58. The van der Waals surface area contributed by atoms with Gasteiger partial charge in [-0.1, -0.05) is 12.1 Å². The first-order valence-electron chi connectivity index (χ1n) is 16.3. The Balaban J connectivity index is 1.01. The number of anilines is 4. The van der Waals surface area contributed by atoms with Crippen LogP contribution in [-0.2, 0) is 30.2 Å². The van der Waals surface area contributed by atoms with Crippen molar-refractivity contribution in [2.45, 2.75) is 63.2 Å². The molecular formula is C34H40F3N7O2. The van der Waals surface area contributed by atoms with E-state index in [4.69, 9.17) is 4.74 Å². The lowest BCUT2D eigenvalue weighted by molar-refractivity contribution is -0.138. The molecule has 46 heavy (non-hydrogen) atoms. The number of ether oxygens (including phenoxy) is 1. The molecule has 2 aromatic carbocycles. The summed E-state index contributed by atoms with van der Waals surface area (Å²) in [5.41, 5.74) is 3.03. The van der Waals surface area contributed by atoms with E-state index in [9.17, 15) is 18.0 Å². The number of hydrogen-bond acceptors (Lipinski definition) is 8. The molecule has 1 aliphatic carbocycles. The van der Waals surface area contributed by atoms with Gasteiger partial charge in [0, 0.05) is 75.0 Å². The number of aryl methyl sites for hydroxylation is 2. The van der Waals surface area contributed by atoms with E-state index in [1.807, 2.05) is 24.3 Å². The quantitative estimate of drug-likeness (QED) is 0.329. The van der Waals surface area contributed by atoms with Crippen LogP contribution in [0.2, 0.25) is 0 Å². The van der Waals surface area contributed by atoms with Gasteiger partial charge in [0.25, 0.3) is 0 Å². The van der Waals surface area contributed by atoms with E-state index in [2.05, 4.69) is 35.3 Å². The number of aromatic nitrogens is 2. The van der Waals surface area contributed by atoms with Crippen LogP contribution in [0.4, 0.5) is 36.2 Å². The average molecular weight is 636 g/mol. The van der Waals surface area contributed by atoms with Crippen molar-refractivity contribution in [2.24, 2.45) is 0 Å². The zero-order chi connectivity index (χ0) is 31.8. The third-order valence-corrected chi connectivity index (χ3v) is 9.88. The molecule has 1 aromatic heterocycles. The number of carbonyl (C=O) groups excluding carboxylic acids is 1. The maximum absolute atomic E-state index is 13.9. The number of amides is 1. The van der Waals surface area contributed by atoms with Crippen LogP contribution in [-0.4, -0.2) is 84.1 Å². The Morgan fingerprint density at radius 1 is 0.957 bits per heavy atom. The SMILES string of the molecule is COc1cc(N2CCC(N3CCN(C4CC4)CC3)CC2)ccc1Nc1ncc(C(F)(F)F)c(CCc2cccc3c2CC(=O)N3)n1. The van der Waals surface area contributed by atoms with Crippen molar-refractivity contribution < 1.29 is 22.7 Å². The lowest BCUT2D eigenvalue weighted by Crippen LogP contribution is -2.53. The molecule has 0 atom stereocenters. The minimum Gasteiger partial charge on any atom is -0.494 e. The number of benzene rings is 2. The summed E-state index contributed by atoms with van der Waals surface area (Å²) in [4.78, 5) is 27.9. The van der Waals surface area contributed by atoms with Crippen molar-refractivity contribution in [3.63, 3.8) is 0 Å². The Hall–Kier alpha value is -3.90. The predicted octanol–water partition coefficient (Wildman–Crippen LogP) is 5.28. The summed E-state index contributed by atoms with van der Waals surface area (Å²) in [6.45, 7) is 6.63. The molecule has 3 fully saturated rings. The lowest BCUT2D eigenvalue weighted by Gasteiger charge is -2.43. The number of alkyl halides is 3. The third-order valence-electron chi connectivity index (χ3n) is 9.88. The Morgan fingerprint density at radius 2 is 1.67 bits per heavy atom. The van der Waals surface area contributed by atoms with Gasteiger partial charge in [0.05, 0.1) is 30.5 Å². The molecule has 0 unspecified atom stereocenters. The number of piperazine rings is 1. The average Bonchev–Trinajstić information content (AvgIpc) is 3.84. The number of carbonyl (C=O) groups is 1. The largest absolute Gasteiger partial charge is 0.494 e. The highest BCUT2D eigenvalue weighted by Gasteiger charge is 2.36. The fourth-order valence-electron chi connectivity index (χ4n) is 7.20. The third kappa shape index (κ3) is 6.64. The van der Waals surface area contributed by atoms with Gasteiger partial charge in [-0.2, -0.15) is 13.2 Å². The van der Waals surface area contributed by atoms with E-state index >= 15 is 0 Å². The van der Waals surface area contributed by atoms with Gasteiger partial charge in [-0.25, -0.2) is 9.97 Å². The molecule has 0 bridgehead atoms. The Kier molecular flexibility index (Phi) is 8.50. The van der Waals surface area contributed by atoms with Gasteiger partial charge in [-0.15, -0.1) is 0 Å². The summed E-state index contributed by atoms with van der Waals surface area (Å²) >= 11 is 0. The van der Waals surface area contributed by atoms with Crippen LogP contribution in [0.25, 0.3) is 0 Å². The first-order chi connectivity index (χ1) is 22.2. The predicted molar refractivity (Wildman–Crippen MR) is 171 cm³/mol. The summed E-state index contributed by atoms with van der Waals surface area (Å²) in [5.74, 6) is 0.513. The zero-order valence-electron chi connectivity index (χ0n) is 26.1. The fourth-order valence-corrected chi connectivity index (χ4v) is 7.20. The monoisotopic (exact) mass is 635 g/mol. The van der Waals surface area contributed by atoms with E-state index in [1.54, 1.807) is 19.2 Å². The normalized spacial score (nSPS) is 19.7. The standard InChI is InChI=1S/C34H40F3N7O2/c1-46-31-19-25(42-13-11-24(12-14-42)44-17-15-43(16-18-44)23-6-7-23)8-10-30(31)41-33-38-21-27(34(35,36)37)29(40-33)9-5-22-3-2-4-28-26(22)20-32(45)39-28/h2-4,8,10,19,21,23-24H,5-7,9,11-18,20H2,1H3,(H,39,45)(H,38,40,41). The first kappa shape index (κ1) is 30.7. The molecule has 0 spiro atoms. The van der Waals surface area contributed by atoms with Crippen LogP contribution < -0.4 is 20.3 Å². The van der Waals surface area contributed by atoms with Crippen LogP contribution in [0.15, 0.2) is 42.6 Å². The Bertz CT molecular complexity index is 1580. The summed E-state index contributed by atoms with van der Waals surface area (Å²) < 4.78 is 47.5. The Labute approximate surface area is 267 Å². The molecule has 3 aliphatic heterocycles. The fraction of sp³-hybridized carbons (Fsp3) is 0.500. The highest BCUT2D eigenvalue weighted by atomic mass is 19.4. The van der Waals surface area contributed by atoms with Crippen molar-refractivity contribution in [2.75, 3.05) is 61.9 Å². The van der Waals surface area contributed by atoms with Crippen LogP contribution in [0.3, 0.4) is 0 Å². The Morgan fingerprint density at radius 3 is 2.35 bits per heavy atom. The molecule has 3 aromatic rings. The van der Waals surface area contributed by atoms with Gasteiger partial charge in [0.1, 0.15) is 5.75 Å². The molecular weight excluding hydrogens is 595 g/mol. The number of fused-ring (bicyclic) bond motifs is 1. The lowest BCUT2D eigenvalue weighted by atomic mass is 9.98. The highest BCUT2D eigenvalue weighted by molar-refractivity contribution is 5.99. The molecule has 0 radical (unpaired) electrons. The first-order valence-corrected chi connectivity index (χ1v) is 16.3.